The Morgan fingerprint density at radius 1 is 1.27 bits per heavy atom. The Balaban J connectivity index is 1.61. The Morgan fingerprint density at radius 2 is 2.08 bits per heavy atom. The highest BCUT2D eigenvalue weighted by Gasteiger charge is 2.35. The van der Waals surface area contributed by atoms with Crippen LogP contribution in [0.2, 0.25) is 0 Å². The highest BCUT2D eigenvalue weighted by Crippen LogP contribution is 2.31. The van der Waals surface area contributed by atoms with E-state index in [0.717, 1.165) is 30.0 Å². The first kappa shape index (κ1) is 16.8. The number of nitrogens with one attached hydrogen (secondary N) is 1. The molecule has 0 spiro atoms. The van der Waals surface area contributed by atoms with Gasteiger partial charge in [0.15, 0.2) is 0 Å². The molecule has 0 aromatic carbocycles. The number of fused-ring (bicyclic) bond motifs is 1. The number of amides is 1. The van der Waals surface area contributed by atoms with Crippen LogP contribution in [0.1, 0.15) is 43.0 Å². The lowest BCUT2D eigenvalue weighted by Crippen LogP contribution is -2.44. The summed E-state index contributed by atoms with van der Waals surface area (Å²) in [5.41, 5.74) is 1.92. The Kier molecular flexibility index (Phi) is 4.48. The molecule has 0 unspecified atom stereocenters. The van der Waals surface area contributed by atoms with E-state index in [2.05, 4.69) is 25.2 Å². The van der Waals surface area contributed by atoms with Crippen LogP contribution in [0.15, 0.2) is 18.7 Å². The molecule has 2 aliphatic rings. The van der Waals surface area contributed by atoms with Gasteiger partial charge in [0.05, 0.1) is 37.3 Å². The van der Waals surface area contributed by atoms with Crippen molar-refractivity contribution in [2.45, 2.75) is 44.2 Å². The predicted octanol–water partition coefficient (Wildman–Crippen LogP) is 1.38. The van der Waals surface area contributed by atoms with Crippen molar-refractivity contribution in [2.24, 2.45) is 7.05 Å². The van der Waals surface area contributed by atoms with E-state index in [1.165, 1.54) is 19.2 Å². The fourth-order valence-electron chi connectivity index (χ4n) is 3.98. The minimum atomic E-state index is -0.271. The number of hydrogen-bond donors (Lipinski definition) is 1. The van der Waals surface area contributed by atoms with Crippen LogP contribution in [0.3, 0.4) is 0 Å². The van der Waals surface area contributed by atoms with E-state index >= 15 is 0 Å². The molecule has 1 fully saturated rings. The summed E-state index contributed by atoms with van der Waals surface area (Å²) >= 11 is 0. The summed E-state index contributed by atoms with van der Waals surface area (Å²) in [5.74, 6) is 1.06. The smallest absolute Gasteiger partial charge is 0.231 e. The Morgan fingerprint density at radius 3 is 2.85 bits per heavy atom. The van der Waals surface area contributed by atoms with E-state index in [0.29, 0.717) is 25.0 Å². The van der Waals surface area contributed by atoms with Gasteiger partial charge in [0.25, 0.3) is 0 Å². The number of methoxy groups -OCH3 is 1. The maximum Gasteiger partial charge on any atom is 0.231 e. The molecular weight excluding hydrogens is 332 g/mol. The summed E-state index contributed by atoms with van der Waals surface area (Å²) in [5, 5.41) is 3.24. The molecule has 1 saturated carbocycles. The minimum absolute atomic E-state index is 0.0764. The van der Waals surface area contributed by atoms with Gasteiger partial charge in [-0.3, -0.25) is 4.79 Å². The van der Waals surface area contributed by atoms with Gasteiger partial charge in [-0.25, -0.2) is 15.0 Å². The van der Waals surface area contributed by atoms with E-state index in [1.807, 2.05) is 11.6 Å². The molecule has 1 aliphatic carbocycles. The minimum Gasteiger partial charge on any atom is -0.481 e. The maximum absolute atomic E-state index is 13.0. The maximum atomic E-state index is 13.0. The van der Waals surface area contributed by atoms with Crippen LogP contribution < -0.4 is 15.0 Å². The number of rotatable bonds is 4. The Labute approximate surface area is 152 Å². The first-order chi connectivity index (χ1) is 12.7. The van der Waals surface area contributed by atoms with Gasteiger partial charge in [-0.2, -0.15) is 0 Å². The molecule has 0 saturated heterocycles. The average Bonchev–Trinajstić information content (AvgIpc) is 3.31. The van der Waals surface area contributed by atoms with Crippen molar-refractivity contribution in [3.05, 3.63) is 30.1 Å². The Hall–Kier alpha value is -2.64. The first-order valence-corrected chi connectivity index (χ1v) is 9.07. The van der Waals surface area contributed by atoms with Crippen molar-refractivity contribution in [3.63, 3.8) is 0 Å². The van der Waals surface area contributed by atoms with Crippen LogP contribution in [-0.4, -0.2) is 45.1 Å². The monoisotopic (exact) mass is 356 g/mol. The van der Waals surface area contributed by atoms with Crippen LogP contribution >= 0.6 is 0 Å². The normalized spacial score (nSPS) is 20.1. The molecule has 26 heavy (non-hydrogen) atoms. The first-order valence-electron chi connectivity index (χ1n) is 9.07. The number of anilines is 1. The van der Waals surface area contributed by atoms with Crippen LogP contribution in [-0.2, 0) is 18.4 Å². The van der Waals surface area contributed by atoms with E-state index in [4.69, 9.17) is 4.74 Å². The van der Waals surface area contributed by atoms with Gasteiger partial charge in [0, 0.05) is 25.7 Å². The van der Waals surface area contributed by atoms with Gasteiger partial charge in [-0.05, 0) is 12.8 Å². The summed E-state index contributed by atoms with van der Waals surface area (Å²) in [6.07, 6.45) is 7.80. The zero-order valence-corrected chi connectivity index (χ0v) is 15.2. The van der Waals surface area contributed by atoms with Crippen LogP contribution in [0.25, 0.3) is 0 Å². The molecule has 0 bridgehead atoms. The van der Waals surface area contributed by atoms with Gasteiger partial charge in [-0.1, -0.05) is 12.8 Å². The number of carbonyl (C=O) groups excluding carboxylic acids is 1. The molecule has 3 heterocycles. The van der Waals surface area contributed by atoms with Crippen molar-refractivity contribution in [2.75, 3.05) is 18.6 Å². The predicted molar refractivity (Wildman–Crippen MR) is 96.0 cm³/mol. The molecule has 4 rings (SSSR count). The van der Waals surface area contributed by atoms with Crippen molar-refractivity contribution in [3.8, 4) is 5.88 Å². The molecule has 2 aromatic heterocycles. The summed E-state index contributed by atoms with van der Waals surface area (Å²) < 4.78 is 7.17. The largest absolute Gasteiger partial charge is 0.481 e. The fourth-order valence-corrected chi connectivity index (χ4v) is 3.98. The molecule has 8 nitrogen and oxygen atoms in total. The lowest BCUT2D eigenvalue weighted by atomic mass is 9.96. The van der Waals surface area contributed by atoms with E-state index in [1.54, 1.807) is 19.5 Å². The van der Waals surface area contributed by atoms with E-state index < -0.39 is 0 Å². The summed E-state index contributed by atoms with van der Waals surface area (Å²) in [6, 6.07) is 2.09. The lowest BCUT2D eigenvalue weighted by Gasteiger charge is -2.33. The number of ether oxygens (including phenoxy) is 1. The van der Waals surface area contributed by atoms with Gasteiger partial charge in [0.2, 0.25) is 11.8 Å². The number of carbonyl (C=O) groups is 1. The fraction of sp³-hybridized carbons (Fsp3) is 0.556. The molecule has 138 valence electrons. The number of aryl methyl sites for hydroxylation is 1. The molecule has 2 aromatic rings. The van der Waals surface area contributed by atoms with Crippen LogP contribution in [0.4, 0.5) is 5.82 Å². The third kappa shape index (κ3) is 3.11. The lowest BCUT2D eigenvalue weighted by molar-refractivity contribution is -0.123. The molecular formula is C18H24N6O2. The van der Waals surface area contributed by atoms with Crippen molar-refractivity contribution < 1.29 is 9.53 Å². The number of aromatic nitrogens is 4. The van der Waals surface area contributed by atoms with Gasteiger partial charge >= 0.3 is 0 Å². The number of nitrogens with zero attached hydrogens (tertiary/aromatic N) is 5. The summed E-state index contributed by atoms with van der Waals surface area (Å²) in [7, 11) is 3.53. The van der Waals surface area contributed by atoms with Crippen LogP contribution in [0.5, 0.6) is 5.88 Å². The second kappa shape index (κ2) is 6.93. The SMILES string of the molecule is COc1cc(N2Cc3ncn(C)c3[C@@H](C(=O)NC3CCCC3)C2)ncn1. The highest BCUT2D eigenvalue weighted by atomic mass is 16.5. The third-order valence-corrected chi connectivity index (χ3v) is 5.31. The standard InChI is InChI=1S/C18H24N6O2/c1-23-11-21-14-9-24(15-7-16(26-2)20-10-19-15)8-13(17(14)23)18(25)22-12-5-3-4-6-12/h7,10-13H,3-6,8-9H2,1-2H3,(H,22,25)/t13-/m0/s1. The Bertz CT molecular complexity index is 799. The number of hydrogen-bond acceptors (Lipinski definition) is 6. The zero-order valence-electron chi connectivity index (χ0n) is 15.2. The molecule has 1 aliphatic heterocycles. The zero-order chi connectivity index (χ0) is 18.1. The van der Waals surface area contributed by atoms with Crippen molar-refractivity contribution in [1.82, 2.24) is 24.8 Å². The van der Waals surface area contributed by atoms with E-state index in [9.17, 15) is 4.79 Å². The average molecular weight is 356 g/mol. The molecule has 8 heteroatoms. The van der Waals surface area contributed by atoms with Crippen molar-refractivity contribution in [1.29, 1.82) is 0 Å². The summed E-state index contributed by atoms with van der Waals surface area (Å²) in [6.45, 7) is 1.18. The quantitative estimate of drug-likeness (QED) is 0.891. The topological polar surface area (TPSA) is 85.2 Å². The van der Waals surface area contributed by atoms with Gasteiger partial charge < -0.3 is 19.5 Å². The molecule has 1 amide bonds. The summed E-state index contributed by atoms with van der Waals surface area (Å²) in [4.78, 5) is 28.0. The molecule has 0 radical (unpaired) electrons. The van der Waals surface area contributed by atoms with Gasteiger partial charge in [-0.15, -0.1) is 0 Å². The second-order valence-electron chi connectivity index (χ2n) is 7.03. The molecule has 1 atom stereocenters. The highest BCUT2D eigenvalue weighted by molar-refractivity contribution is 5.85. The van der Waals surface area contributed by atoms with E-state index in [-0.39, 0.29) is 11.8 Å². The number of imidazole rings is 1. The third-order valence-electron chi connectivity index (χ3n) is 5.31. The second-order valence-corrected chi connectivity index (χ2v) is 7.03. The van der Waals surface area contributed by atoms with Crippen LogP contribution in [0, 0.1) is 0 Å². The molecule has 1 N–H and O–H groups in total. The van der Waals surface area contributed by atoms with Crippen molar-refractivity contribution >= 4 is 11.7 Å². The van der Waals surface area contributed by atoms with Gasteiger partial charge in [0.1, 0.15) is 12.1 Å².